The smallest absolute Gasteiger partial charge is 0.408 e. The average molecular weight is 663 g/mol. The van der Waals surface area contributed by atoms with Gasteiger partial charge in [0.2, 0.25) is 17.6 Å². The van der Waals surface area contributed by atoms with E-state index in [4.69, 9.17) is 27.9 Å². The monoisotopic (exact) mass is 661 g/mol. The van der Waals surface area contributed by atoms with Crippen molar-refractivity contribution in [3.05, 3.63) is 40.4 Å². The van der Waals surface area contributed by atoms with Gasteiger partial charge in [0.15, 0.2) is 0 Å². The normalized spacial score (nSPS) is 28.2. The van der Waals surface area contributed by atoms with Crippen LogP contribution >= 0.6 is 23.2 Å². The summed E-state index contributed by atoms with van der Waals surface area (Å²) in [6.45, 7) is 5.20. The van der Waals surface area contributed by atoms with E-state index in [2.05, 4.69) is 26.0 Å². The van der Waals surface area contributed by atoms with Gasteiger partial charge in [-0.25, -0.2) is 9.59 Å². The minimum atomic E-state index is -1.45. The van der Waals surface area contributed by atoms with Crippen LogP contribution in [0.15, 0.2) is 30.4 Å². The summed E-state index contributed by atoms with van der Waals surface area (Å²) in [5, 5.41) is 29.1. The van der Waals surface area contributed by atoms with Gasteiger partial charge in [0.05, 0.1) is 11.1 Å². The lowest BCUT2D eigenvalue weighted by atomic mass is 10.0. The molecule has 0 unspecified atom stereocenters. The molecule has 242 valence electrons. The van der Waals surface area contributed by atoms with Crippen molar-refractivity contribution in [3.8, 4) is 11.4 Å². The maximum atomic E-state index is 14.1. The number of alkyl carbamates (subject to hydrolysis) is 1. The number of amides is 3. The van der Waals surface area contributed by atoms with E-state index in [1.807, 2.05) is 12.2 Å². The second-order valence-corrected chi connectivity index (χ2v) is 13.6. The molecule has 5 atom stereocenters. The summed E-state index contributed by atoms with van der Waals surface area (Å²) < 4.78 is 5.43. The number of nitrogens with zero attached hydrogens (tertiary/aromatic N) is 5. The number of rotatable bonds is 4. The van der Waals surface area contributed by atoms with Crippen molar-refractivity contribution in [1.29, 1.82) is 0 Å². The lowest BCUT2D eigenvalue weighted by molar-refractivity contribution is -0.145. The molecule has 1 aliphatic carbocycles. The first kappa shape index (κ1) is 32.7. The minimum Gasteiger partial charge on any atom is -0.479 e. The molecule has 1 saturated heterocycles. The van der Waals surface area contributed by atoms with E-state index in [9.17, 15) is 24.3 Å². The van der Waals surface area contributed by atoms with Gasteiger partial charge in [0, 0.05) is 29.5 Å². The molecular formula is C30H37Cl2N7O6. The molecule has 5 rings (SSSR count). The Morgan fingerprint density at radius 3 is 2.67 bits per heavy atom. The maximum Gasteiger partial charge on any atom is 0.408 e. The first-order valence-electron chi connectivity index (χ1n) is 15.0. The minimum absolute atomic E-state index is 0.0248. The van der Waals surface area contributed by atoms with Crippen LogP contribution in [-0.4, -0.2) is 83.9 Å². The highest BCUT2D eigenvalue weighted by Crippen LogP contribution is 2.45. The number of fused-ring (bicyclic) bond motifs is 2. The predicted molar refractivity (Wildman–Crippen MR) is 164 cm³/mol. The van der Waals surface area contributed by atoms with Gasteiger partial charge in [-0.05, 0) is 69.9 Å². The van der Waals surface area contributed by atoms with Crippen molar-refractivity contribution in [2.24, 2.45) is 5.92 Å². The molecule has 3 N–H and O–H groups in total. The molecule has 15 heteroatoms. The third-order valence-corrected chi connectivity index (χ3v) is 8.80. The fourth-order valence-electron chi connectivity index (χ4n) is 5.85. The number of carboxylic acid groups (broad SMARTS) is 1. The molecule has 13 nitrogen and oxygen atoms in total. The molecule has 0 bridgehead atoms. The highest BCUT2D eigenvalue weighted by molar-refractivity contribution is 6.36. The van der Waals surface area contributed by atoms with E-state index in [0.717, 1.165) is 19.3 Å². The second kappa shape index (κ2) is 13.0. The van der Waals surface area contributed by atoms with E-state index >= 15 is 0 Å². The molecule has 1 saturated carbocycles. The molecule has 1 aromatic heterocycles. The van der Waals surface area contributed by atoms with Crippen molar-refractivity contribution in [3.63, 3.8) is 0 Å². The number of halogens is 2. The fourth-order valence-corrected chi connectivity index (χ4v) is 6.35. The van der Waals surface area contributed by atoms with E-state index in [1.54, 1.807) is 39.0 Å². The zero-order chi connectivity index (χ0) is 32.5. The summed E-state index contributed by atoms with van der Waals surface area (Å²) in [4.78, 5) is 55.8. The van der Waals surface area contributed by atoms with Gasteiger partial charge in [-0.2, -0.15) is 4.80 Å². The summed E-state index contributed by atoms with van der Waals surface area (Å²) in [6, 6.07) is 2.28. The van der Waals surface area contributed by atoms with Crippen molar-refractivity contribution in [2.75, 3.05) is 6.54 Å². The van der Waals surface area contributed by atoms with Crippen LogP contribution in [0.1, 0.15) is 71.8 Å². The van der Waals surface area contributed by atoms with Crippen LogP contribution in [0.2, 0.25) is 10.0 Å². The number of allylic oxidation sites excluding steroid dienone is 1. The number of carbonyl (C=O) groups is 4. The molecule has 2 fully saturated rings. The third-order valence-electron chi connectivity index (χ3n) is 8.26. The Morgan fingerprint density at radius 2 is 1.96 bits per heavy atom. The Morgan fingerprint density at radius 1 is 1.18 bits per heavy atom. The van der Waals surface area contributed by atoms with Gasteiger partial charge >= 0.3 is 12.1 Å². The SMILES string of the molecule is CC(C)(C)OC(=O)N[C@H]1CCCCC/C=C\[C@H]2C[C@@]2(C(=O)O)NC(=O)[C@@H]2C[C@@H](n3nnc(-c4ccc(Cl)cc4Cl)n3)CN2C1=O. The lowest BCUT2D eigenvalue weighted by Crippen LogP contribution is -2.56. The molecule has 0 radical (unpaired) electrons. The van der Waals surface area contributed by atoms with Crippen LogP contribution in [0, 0.1) is 5.92 Å². The summed E-state index contributed by atoms with van der Waals surface area (Å²) in [5.74, 6) is -2.32. The Bertz CT molecular complexity index is 1510. The molecule has 0 spiro atoms. The first-order chi connectivity index (χ1) is 21.3. The van der Waals surface area contributed by atoms with Crippen LogP contribution in [0.4, 0.5) is 4.79 Å². The summed E-state index contributed by atoms with van der Waals surface area (Å²) >= 11 is 12.4. The zero-order valence-electron chi connectivity index (χ0n) is 25.3. The Hall–Kier alpha value is -3.71. The van der Waals surface area contributed by atoms with Crippen molar-refractivity contribution >= 4 is 47.1 Å². The Labute approximate surface area is 270 Å². The van der Waals surface area contributed by atoms with Crippen LogP contribution in [-0.2, 0) is 19.1 Å². The van der Waals surface area contributed by atoms with E-state index in [1.165, 1.54) is 9.70 Å². The summed E-state index contributed by atoms with van der Waals surface area (Å²) in [7, 11) is 0. The molecule has 1 aromatic carbocycles. The molecule has 3 aliphatic rings. The van der Waals surface area contributed by atoms with Gasteiger partial charge in [0.1, 0.15) is 23.2 Å². The highest BCUT2D eigenvalue weighted by atomic mass is 35.5. The number of hydrogen-bond donors (Lipinski definition) is 3. The number of benzene rings is 1. The van der Waals surface area contributed by atoms with E-state index in [-0.39, 0.29) is 31.1 Å². The molecule has 45 heavy (non-hydrogen) atoms. The number of carboxylic acids is 1. The largest absolute Gasteiger partial charge is 0.479 e. The van der Waals surface area contributed by atoms with Gasteiger partial charge < -0.3 is 25.4 Å². The number of ether oxygens (including phenoxy) is 1. The standard InChI is InChI=1S/C30H37Cl2N7O6/c1-29(2,3)45-28(44)33-22-10-8-6-4-5-7-9-17-15-30(17,27(42)43)34-25(40)23-14-19(16-38(23)26(22)41)39-36-24(35-37-39)20-12-11-18(31)13-21(20)32/h7,9,11-13,17,19,22-23H,4-6,8,10,14-16H2,1-3H3,(H,33,44)(H,34,40)(H,42,43)/b9-7-/t17-,19+,22-,23-,30+/m0/s1. The van der Waals surface area contributed by atoms with E-state index in [0.29, 0.717) is 28.5 Å². The number of nitrogens with one attached hydrogen (secondary N) is 2. The quantitative estimate of drug-likeness (QED) is 0.407. The van der Waals surface area contributed by atoms with Crippen molar-refractivity contribution < 1.29 is 29.0 Å². The summed E-state index contributed by atoms with van der Waals surface area (Å²) in [5.41, 5.74) is -1.72. The molecular weight excluding hydrogens is 625 g/mol. The molecule has 2 aromatic rings. The van der Waals surface area contributed by atoms with Crippen LogP contribution < -0.4 is 10.6 Å². The highest BCUT2D eigenvalue weighted by Gasteiger charge is 2.61. The number of aromatic nitrogens is 4. The van der Waals surface area contributed by atoms with Crippen LogP contribution in [0.5, 0.6) is 0 Å². The zero-order valence-corrected chi connectivity index (χ0v) is 26.8. The van der Waals surface area contributed by atoms with E-state index < -0.39 is 53.1 Å². The van der Waals surface area contributed by atoms with Crippen molar-refractivity contribution in [2.45, 2.75) is 95.0 Å². The van der Waals surface area contributed by atoms with Gasteiger partial charge in [-0.15, -0.1) is 10.2 Å². The fraction of sp³-hybridized carbons (Fsp3) is 0.567. The average Bonchev–Trinajstić information content (AvgIpc) is 3.26. The van der Waals surface area contributed by atoms with Crippen molar-refractivity contribution in [1.82, 2.24) is 35.7 Å². The lowest BCUT2D eigenvalue weighted by Gasteiger charge is -2.30. The Kier molecular flexibility index (Phi) is 9.41. The van der Waals surface area contributed by atoms with Crippen LogP contribution in [0.3, 0.4) is 0 Å². The van der Waals surface area contributed by atoms with Gasteiger partial charge in [0.25, 0.3) is 0 Å². The predicted octanol–water partition coefficient (Wildman–Crippen LogP) is 4.16. The molecule has 3 amide bonds. The number of hydrogen-bond acceptors (Lipinski definition) is 8. The maximum absolute atomic E-state index is 14.1. The first-order valence-corrected chi connectivity index (χ1v) is 15.8. The second-order valence-electron chi connectivity index (χ2n) is 12.8. The van der Waals surface area contributed by atoms with Gasteiger partial charge in [-0.1, -0.05) is 48.2 Å². The van der Waals surface area contributed by atoms with Crippen LogP contribution in [0.25, 0.3) is 11.4 Å². The number of carbonyl (C=O) groups excluding carboxylic acids is 3. The summed E-state index contributed by atoms with van der Waals surface area (Å²) in [6.07, 6.45) is 6.74. The Balaban J connectivity index is 1.45. The molecule has 2 aliphatic heterocycles. The molecule has 3 heterocycles. The number of aliphatic carboxylic acids is 1. The van der Waals surface area contributed by atoms with Gasteiger partial charge in [-0.3, -0.25) is 9.59 Å². The third kappa shape index (κ3) is 7.41. The topological polar surface area (TPSA) is 169 Å². The number of tetrazole rings is 1.